The summed E-state index contributed by atoms with van der Waals surface area (Å²) in [6.45, 7) is 0. The molecule has 0 bridgehead atoms. The Morgan fingerprint density at radius 1 is 1.18 bits per heavy atom. The third-order valence-corrected chi connectivity index (χ3v) is 3.19. The standard InChI is InChI=1S/C11H13N3O2S/c1-17(15,16)14-9-12-11(13-14)8-7-10-5-3-2-4-6-10/h2-6,9H,7-8H2,1H3. The van der Waals surface area contributed by atoms with Crippen molar-refractivity contribution in [3.63, 3.8) is 0 Å². The van der Waals surface area contributed by atoms with E-state index in [-0.39, 0.29) is 0 Å². The molecule has 5 nitrogen and oxygen atoms in total. The smallest absolute Gasteiger partial charge is 0.219 e. The fourth-order valence-electron chi connectivity index (χ4n) is 1.46. The molecule has 0 unspecified atom stereocenters. The normalized spacial score (nSPS) is 11.6. The number of hydrogen-bond donors (Lipinski definition) is 0. The van der Waals surface area contributed by atoms with E-state index in [2.05, 4.69) is 10.1 Å². The lowest BCUT2D eigenvalue weighted by molar-refractivity contribution is 0.585. The first-order chi connectivity index (χ1) is 8.05. The Kier molecular flexibility index (Phi) is 3.23. The first-order valence-electron chi connectivity index (χ1n) is 5.21. The van der Waals surface area contributed by atoms with E-state index in [0.717, 1.165) is 16.8 Å². The molecule has 0 amide bonds. The van der Waals surface area contributed by atoms with Gasteiger partial charge in [-0.15, -0.1) is 9.19 Å². The average molecular weight is 251 g/mol. The van der Waals surface area contributed by atoms with Crippen molar-refractivity contribution in [3.05, 3.63) is 48.0 Å². The molecule has 0 radical (unpaired) electrons. The molecule has 0 saturated carbocycles. The van der Waals surface area contributed by atoms with Crippen LogP contribution in [0.3, 0.4) is 0 Å². The van der Waals surface area contributed by atoms with Crippen LogP contribution in [0.1, 0.15) is 11.4 Å². The van der Waals surface area contributed by atoms with Gasteiger partial charge in [-0.25, -0.2) is 13.4 Å². The van der Waals surface area contributed by atoms with E-state index in [1.165, 1.54) is 11.9 Å². The third-order valence-electron chi connectivity index (χ3n) is 2.34. The maximum atomic E-state index is 11.2. The van der Waals surface area contributed by atoms with E-state index in [4.69, 9.17) is 0 Å². The molecule has 17 heavy (non-hydrogen) atoms. The van der Waals surface area contributed by atoms with Gasteiger partial charge in [0.15, 0.2) is 5.82 Å². The summed E-state index contributed by atoms with van der Waals surface area (Å²) in [7, 11) is -3.32. The molecule has 0 fully saturated rings. The number of rotatable bonds is 4. The van der Waals surface area contributed by atoms with Gasteiger partial charge in [0.05, 0.1) is 6.26 Å². The van der Waals surface area contributed by atoms with Gasteiger partial charge in [0.2, 0.25) is 0 Å². The van der Waals surface area contributed by atoms with Crippen molar-refractivity contribution in [2.75, 3.05) is 6.26 Å². The second kappa shape index (κ2) is 4.67. The summed E-state index contributed by atoms with van der Waals surface area (Å²) >= 11 is 0. The fourth-order valence-corrected chi connectivity index (χ4v) is 1.92. The number of hydrogen-bond acceptors (Lipinski definition) is 4. The van der Waals surface area contributed by atoms with Gasteiger partial charge < -0.3 is 0 Å². The van der Waals surface area contributed by atoms with Crippen molar-refractivity contribution < 1.29 is 8.42 Å². The molecule has 0 spiro atoms. The Morgan fingerprint density at radius 3 is 2.47 bits per heavy atom. The van der Waals surface area contributed by atoms with Gasteiger partial charge >= 0.3 is 0 Å². The quantitative estimate of drug-likeness (QED) is 0.808. The molecule has 0 atom stereocenters. The van der Waals surface area contributed by atoms with Gasteiger partial charge in [0.25, 0.3) is 10.0 Å². The van der Waals surface area contributed by atoms with Gasteiger partial charge in [-0.05, 0) is 12.0 Å². The van der Waals surface area contributed by atoms with Crippen LogP contribution >= 0.6 is 0 Å². The maximum Gasteiger partial charge on any atom is 0.252 e. The summed E-state index contributed by atoms with van der Waals surface area (Å²) in [6.07, 6.45) is 3.76. The van der Waals surface area contributed by atoms with Gasteiger partial charge in [-0.1, -0.05) is 30.3 Å². The van der Waals surface area contributed by atoms with Crippen LogP contribution < -0.4 is 0 Å². The summed E-state index contributed by atoms with van der Waals surface area (Å²) < 4.78 is 23.3. The third kappa shape index (κ3) is 3.13. The molecule has 1 heterocycles. The average Bonchev–Trinajstić information content (AvgIpc) is 2.76. The van der Waals surface area contributed by atoms with Crippen LogP contribution in [0.2, 0.25) is 0 Å². The van der Waals surface area contributed by atoms with E-state index in [9.17, 15) is 8.42 Å². The minimum atomic E-state index is -3.32. The van der Waals surface area contributed by atoms with E-state index in [1.807, 2.05) is 30.3 Å². The molecule has 90 valence electrons. The Balaban J connectivity index is 2.04. The van der Waals surface area contributed by atoms with Crippen molar-refractivity contribution in [2.24, 2.45) is 0 Å². The molecule has 2 aromatic rings. The van der Waals surface area contributed by atoms with Gasteiger partial charge in [-0.3, -0.25) is 0 Å². The van der Waals surface area contributed by atoms with E-state index in [1.54, 1.807) is 0 Å². The van der Waals surface area contributed by atoms with Crippen molar-refractivity contribution in [1.82, 2.24) is 14.2 Å². The minimum Gasteiger partial charge on any atom is -0.219 e. The summed E-state index contributed by atoms with van der Waals surface area (Å²) in [5.41, 5.74) is 1.18. The fraction of sp³-hybridized carbons (Fsp3) is 0.273. The highest BCUT2D eigenvalue weighted by molar-refractivity contribution is 7.89. The highest BCUT2D eigenvalue weighted by Crippen LogP contribution is 2.03. The zero-order valence-corrected chi connectivity index (χ0v) is 10.3. The second-order valence-electron chi connectivity index (χ2n) is 3.78. The predicted octanol–water partition coefficient (Wildman–Crippen LogP) is 0.871. The molecular weight excluding hydrogens is 238 g/mol. The van der Waals surface area contributed by atoms with Gasteiger partial charge in [0.1, 0.15) is 6.33 Å². The molecular formula is C11H13N3O2S. The molecule has 0 aliphatic heterocycles. The first kappa shape index (κ1) is 11.8. The summed E-state index contributed by atoms with van der Waals surface area (Å²) in [5, 5.41) is 3.91. The Bertz CT molecular complexity index is 590. The summed E-state index contributed by atoms with van der Waals surface area (Å²) in [6, 6.07) is 9.94. The van der Waals surface area contributed by atoms with Crippen molar-refractivity contribution in [3.8, 4) is 0 Å². The molecule has 0 aliphatic rings. The van der Waals surface area contributed by atoms with Gasteiger partial charge in [-0.2, -0.15) is 0 Å². The maximum absolute atomic E-state index is 11.2. The van der Waals surface area contributed by atoms with Crippen LogP contribution in [0, 0.1) is 0 Å². The van der Waals surface area contributed by atoms with Crippen molar-refractivity contribution in [2.45, 2.75) is 12.8 Å². The van der Waals surface area contributed by atoms with E-state index in [0.29, 0.717) is 12.2 Å². The SMILES string of the molecule is CS(=O)(=O)n1cnc(CCc2ccccc2)n1. The van der Waals surface area contributed by atoms with E-state index < -0.39 is 10.0 Å². The Labute approximate surface area is 100 Å². The highest BCUT2D eigenvalue weighted by atomic mass is 32.2. The summed E-state index contributed by atoms with van der Waals surface area (Å²) in [4.78, 5) is 3.97. The largest absolute Gasteiger partial charge is 0.252 e. The predicted molar refractivity (Wildman–Crippen MR) is 64.1 cm³/mol. The van der Waals surface area contributed by atoms with Crippen LogP contribution in [0.25, 0.3) is 0 Å². The molecule has 0 aliphatic carbocycles. The molecule has 2 rings (SSSR count). The lowest BCUT2D eigenvalue weighted by Crippen LogP contribution is -2.10. The lowest BCUT2D eigenvalue weighted by atomic mass is 10.1. The first-order valence-corrected chi connectivity index (χ1v) is 7.05. The van der Waals surface area contributed by atoms with Crippen LogP contribution in [-0.4, -0.2) is 28.8 Å². The molecule has 6 heteroatoms. The number of nitrogens with zero attached hydrogens (tertiary/aromatic N) is 3. The molecule has 0 N–H and O–H groups in total. The van der Waals surface area contributed by atoms with Crippen LogP contribution in [0.15, 0.2) is 36.7 Å². The van der Waals surface area contributed by atoms with Crippen molar-refractivity contribution >= 4 is 10.0 Å². The van der Waals surface area contributed by atoms with Crippen LogP contribution in [0.4, 0.5) is 0 Å². The molecule has 1 aromatic heterocycles. The van der Waals surface area contributed by atoms with E-state index >= 15 is 0 Å². The Morgan fingerprint density at radius 2 is 1.88 bits per heavy atom. The number of aryl methyl sites for hydroxylation is 2. The van der Waals surface area contributed by atoms with Gasteiger partial charge in [0, 0.05) is 6.42 Å². The molecule has 0 saturated heterocycles. The highest BCUT2D eigenvalue weighted by Gasteiger charge is 2.08. The minimum absolute atomic E-state index is 0.541. The Hall–Kier alpha value is -1.69. The molecule has 1 aromatic carbocycles. The van der Waals surface area contributed by atoms with Crippen LogP contribution in [-0.2, 0) is 22.9 Å². The summed E-state index contributed by atoms with van der Waals surface area (Å²) in [5.74, 6) is 0.541. The lowest BCUT2D eigenvalue weighted by Gasteiger charge is -1.97. The zero-order chi connectivity index (χ0) is 12.3. The van der Waals surface area contributed by atoms with Crippen molar-refractivity contribution in [1.29, 1.82) is 0 Å². The zero-order valence-electron chi connectivity index (χ0n) is 9.44. The van der Waals surface area contributed by atoms with Crippen LogP contribution in [0.5, 0.6) is 0 Å². The number of benzene rings is 1. The monoisotopic (exact) mass is 251 g/mol. The number of aromatic nitrogens is 3. The topological polar surface area (TPSA) is 64.8 Å². The second-order valence-corrected chi connectivity index (χ2v) is 5.62.